The van der Waals surface area contributed by atoms with Gasteiger partial charge in [-0.05, 0) is 30.7 Å². The van der Waals surface area contributed by atoms with E-state index in [2.05, 4.69) is 16.0 Å². The van der Waals surface area contributed by atoms with Gasteiger partial charge in [-0.1, -0.05) is 0 Å². The molecule has 2 aliphatic rings. The number of nitrogens with zero attached hydrogens (tertiary/aromatic N) is 1. The Morgan fingerprint density at radius 1 is 1.30 bits per heavy atom. The lowest BCUT2D eigenvalue weighted by atomic mass is 10.1. The first-order valence-electron chi connectivity index (χ1n) is 7.40. The number of hydrogen-bond acceptors (Lipinski definition) is 4. The highest BCUT2D eigenvalue weighted by molar-refractivity contribution is 6.12. The summed E-state index contributed by atoms with van der Waals surface area (Å²) in [7, 11) is 0. The monoisotopic (exact) mass is 320 g/mol. The zero-order valence-electron chi connectivity index (χ0n) is 12.3. The molecule has 0 spiro atoms. The Morgan fingerprint density at radius 3 is 2.61 bits per heavy atom. The number of urea groups is 1. The minimum absolute atomic E-state index is 0.0257. The highest BCUT2D eigenvalue weighted by atomic mass is 19.1. The van der Waals surface area contributed by atoms with Crippen LogP contribution in [0.3, 0.4) is 0 Å². The van der Waals surface area contributed by atoms with Crippen molar-refractivity contribution >= 4 is 23.5 Å². The van der Waals surface area contributed by atoms with E-state index in [1.54, 1.807) is 24.3 Å². The lowest BCUT2D eigenvalue weighted by Gasteiger charge is -2.14. The number of hydrogen-bond donors (Lipinski definition) is 3. The topological polar surface area (TPSA) is 90.5 Å². The van der Waals surface area contributed by atoms with Crippen LogP contribution in [0, 0.1) is 0 Å². The van der Waals surface area contributed by atoms with Gasteiger partial charge in [0.2, 0.25) is 5.91 Å². The first-order valence-corrected chi connectivity index (χ1v) is 7.40. The Balaban J connectivity index is 1.57. The maximum Gasteiger partial charge on any atom is 0.329 e. The second-order valence-electron chi connectivity index (χ2n) is 5.63. The van der Waals surface area contributed by atoms with Crippen LogP contribution in [0.4, 0.5) is 14.9 Å². The van der Waals surface area contributed by atoms with Crippen molar-refractivity contribution in [3.8, 4) is 0 Å². The van der Waals surface area contributed by atoms with Gasteiger partial charge in [0.1, 0.15) is 12.7 Å². The molecule has 2 fully saturated rings. The van der Waals surface area contributed by atoms with Crippen LogP contribution in [0.15, 0.2) is 24.3 Å². The molecule has 122 valence electrons. The molecule has 7 nitrogen and oxygen atoms in total. The SMILES string of the molecule is O=C1CN(c2ccc(C(=O)NC[C@@H]3C[C@H](F)CN3)cc2)C(=O)N1. The van der Waals surface area contributed by atoms with Crippen LogP contribution < -0.4 is 20.9 Å². The third-order valence-electron chi connectivity index (χ3n) is 3.91. The molecule has 1 aromatic rings. The summed E-state index contributed by atoms with van der Waals surface area (Å²) < 4.78 is 13.0. The standard InChI is InChI=1S/C15H17FN4O3/c16-10-5-11(17-6-10)7-18-14(22)9-1-3-12(4-2-9)20-8-13(21)19-15(20)23/h1-4,10-11,17H,5-8H2,(H,18,22)(H,19,21,23)/t10-,11-/m0/s1. The minimum atomic E-state index is -0.856. The van der Waals surface area contributed by atoms with Gasteiger partial charge in [-0.2, -0.15) is 0 Å². The van der Waals surface area contributed by atoms with E-state index in [9.17, 15) is 18.8 Å². The van der Waals surface area contributed by atoms with Gasteiger partial charge in [-0.25, -0.2) is 9.18 Å². The van der Waals surface area contributed by atoms with Crippen molar-refractivity contribution in [2.75, 3.05) is 24.5 Å². The molecule has 0 aliphatic carbocycles. The molecule has 0 saturated carbocycles. The lowest BCUT2D eigenvalue weighted by Crippen LogP contribution is -2.37. The predicted octanol–water partition coefficient (Wildman–Crippen LogP) is 0.173. The summed E-state index contributed by atoms with van der Waals surface area (Å²) in [4.78, 5) is 36.1. The number of anilines is 1. The molecule has 0 unspecified atom stereocenters. The largest absolute Gasteiger partial charge is 0.350 e. The van der Waals surface area contributed by atoms with Gasteiger partial charge in [0, 0.05) is 30.4 Å². The number of benzene rings is 1. The number of rotatable bonds is 4. The van der Waals surface area contributed by atoms with Gasteiger partial charge in [0.25, 0.3) is 5.91 Å². The highest BCUT2D eigenvalue weighted by Crippen LogP contribution is 2.17. The van der Waals surface area contributed by atoms with Crippen molar-refractivity contribution in [1.29, 1.82) is 0 Å². The zero-order chi connectivity index (χ0) is 16.4. The number of amides is 4. The Hall–Kier alpha value is -2.48. The number of alkyl halides is 1. The van der Waals surface area contributed by atoms with Crippen molar-refractivity contribution < 1.29 is 18.8 Å². The van der Waals surface area contributed by atoms with Crippen molar-refractivity contribution in [2.24, 2.45) is 0 Å². The number of nitrogens with one attached hydrogen (secondary N) is 3. The van der Waals surface area contributed by atoms with Crippen LogP contribution in [0.5, 0.6) is 0 Å². The summed E-state index contributed by atoms with van der Waals surface area (Å²) in [6, 6.07) is 5.87. The van der Waals surface area contributed by atoms with E-state index in [1.807, 2.05) is 0 Å². The number of halogens is 1. The molecule has 2 saturated heterocycles. The second kappa shape index (κ2) is 6.33. The maximum absolute atomic E-state index is 13.0. The van der Waals surface area contributed by atoms with Crippen LogP contribution >= 0.6 is 0 Å². The van der Waals surface area contributed by atoms with Gasteiger partial charge < -0.3 is 10.6 Å². The van der Waals surface area contributed by atoms with E-state index < -0.39 is 12.2 Å². The number of carbonyl (C=O) groups is 3. The third kappa shape index (κ3) is 3.48. The summed E-state index contributed by atoms with van der Waals surface area (Å²) in [5, 5.41) is 7.94. The minimum Gasteiger partial charge on any atom is -0.350 e. The van der Waals surface area contributed by atoms with E-state index in [0.29, 0.717) is 30.8 Å². The van der Waals surface area contributed by atoms with Gasteiger partial charge in [-0.15, -0.1) is 0 Å². The van der Waals surface area contributed by atoms with Crippen LogP contribution in [-0.2, 0) is 4.79 Å². The maximum atomic E-state index is 13.0. The Bertz CT molecular complexity index is 634. The first kappa shape index (κ1) is 15.4. The summed E-state index contributed by atoms with van der Waals surface area (Å²) in [6.45, 7) is 0.665. The fourth-order valence-corrected chi connectivity index (χ4v) is 2.69. The molecule has 4 amide bonds. The van der Waals surface area contributed by atoms with E-state index in [4.69, 9.17) is 0 Å². The average Bonchev–Trinajstić information content (AvgIpc) is 3.10. The zero-order valence-corrected chi connectivity index (χ0v) is 12.3. The molecular formula is C15H17FN4O3. The van der Waals surface area contributed by atoms with Gasteiger partial charge in [0.05, 0.1) is 0 Å². The van der Waals surface area contributed by atoms with Crippen molar-refractivity contribution in [2.45, 2.75) is 18.6 Å². The summed E-state index contributed by atoms with van der Waals surface area (Å²) in [5.41, 5.74) is 0.983. The van der Waals surface area contributed by atoms with Gasteiger partial charge in [-0.3, -0.25) is 19.8 Å². The van der Waals surface area contributed by atoms with Crippen LogP contribution in [0.25, 0.3) is 0 Å². The average molecular weight is 320 g/mol. The fourth-order valence-electron chi connectivity index (χ4n) is 2.69. The smallest absolute Gasteiger partial charge is 0.329 e. The van der Waals surface area contributed by atoms with Crippen LogP contribution in [-0.4, -0.2) is 49.7 Å². The molecule has 1 aromatic carbocycles. The molecule has 2 heterocycles. The molecule has 2 aliphatic heterocycles. The van der Waals surface area contributed by atoms with Gasteiger partial charge >= 0.3 is 6.03 Å². The molecular weight excluding hydrogens is 303 g/mol. The number of carbonyl (C=O) groups excluding carboxylic acids is 3. The second-order valence-corrected chi connectivity index (χ2v) is 5.63. The van der Waals surface area contributed by atoms with E-state index in [1.165, 1.54) is 4.90 Å². The van der Waals surface area contributed by atoms with Crippen molar-refractivity contribution in [3.05, 3.63) is 29.8 Å². The third-order valence-corrected chi connectivity index (χ3v) is 3.91. The fraction of sp³-hybridized carbons (Fsp3) is 0.400. The quantitative estimate of drug-likeness (QED) is 0.690. The molecule has 0 bridgehead atoms. The normalized spacial score (nSPS) is 24.0. The predicted molar refractivity (Wildman–Crippen MR) is 81.0 cm³/mol. The van der Waals surface area contributed by atoms with Crippen molar-refractivity contribution in [1.82, 2.24) is 16.0 Å². The van der Waals surface area contributed by atoms with Crippen LogP contribution in [0.1, 0.15) is 16.8 Å². The number of imide groups is 1. The molecule has 3 N–H and O–H groups in total. The molecule has 0 aromatic heterocycles. The van der Waals surface area contributed by atoms with E-state index in [-0.39, 0.29) is 24.4 Å². The molecule has 3 rings (SSSR count). The molecule has 2 atom stereocenters. The molecule has 8 heteroatoms. The van der Waals surface area contributed by atoms with Crippen molar-refractivity contribution in [3.63, 3.8) is 0 Å². The Morgan fingerprint density at radius 2 is 2.04 bits per heavy atom. The first-order chi connectivity index (χ1) is 11.0. The van der Waals surface area contributed by atoms with Gasteiger partial charge in [0.15, 0.2) is 0 Å². The summed E-state index contributed by atoms with van der Waals surface area (Å²) in [6.07, 6.45) is -0.456. The molecule has 23 heavy (non-hydrogen) atoms. The summed E-state index contributed by atoms with van der Waals surface area (Å²) in [5.74, 6) is -0.616. The molecule has 0 radical (unpaired) electrons. The Kier molecular flexibility index (Phi) is 4.24. The summed E-state index contributed by atoms with van der Waals surface area (Å²) >= 11 is 0. The van der Waals surface area contributed by atoms with Crippen LogP contribution in [0.2, 0.25) is 0 Å². The Labute approximate surface area is 132 Å². The lowest BCUT2D eigenvalue weighted by molar-refractivity contribution is -0.117. The van der Waals surface area contributed by atoms with E-state index in [0.717, 1.165) is 0 Å². The highest BCUT2D eigenvalue weighted by Gasteiger charge is 2.28. The van der Waals surface area contributed by atoms with E-state index >= 15 is 0 Å².